The minimum Gasteiger partial charge on any atom is -0.324 e. The molecule has 1 rings (SSSR count). The molecule has 0 bridgehead atoms. The van der Waals surface area contributed by atoms with Gasteiger partial charge in [0.05, 0.1) is 32.4 Å². The van der Waals surface area contributed by atoms with E-state index in [1.54, 1.807) is 0 Å². The Balaban J connectivity index is 0.00000101. The Morgan fingerprint density at radius 3 is 1.52 bits per heavy atom. The van der Waals surface area contributed by atoms with Crippen LogP contribution in [0.25, 0.3) is 0 Å². The van der Waals surface area contributed by atoms with Crippen LogP contribution in [0.2, 0.25) is 0 Å². The summed E-state index contributed by atoms with van der Waals surface area (Å²) < 4.78 is 27.3. The highest BCUT2D eigenvalue weighted by atomic mass is 32.2. The molecule has 1 fully saturated rings. The van der Waals surface area contributed by atoms with Crippen molar-refractivity contribution in [1.82, 2.24) is 0 Å². The van der Waals surface area contributed by atoms with Crippen LogP contribution in [-0.4, -0.2) is 49.9 Å². The number of quaternary nitrogens is 1. The first kappa shape index (κ1) is 24.9. The van der Waals surface area contributed by atoms with Crippen LogP contribution in [0, 0.1) is 0 Å². The Morgan fingerprint density at radius 1 is 0.720 bits per heavy atom. The molecule has 1 heterocycles. The number of unbranched alkanes of at least 4 members (excludes halogenated alkanes) is 9. The zero-order chi connectivity index (χ0) is 19.0. The van der Waals surface area contributed by atoms with Gasteiger partial charge < -0.3 is 4.48 Å². The summed E-state index contributed by atoms with van der Waals surface area (Å²) >= 11 is 0. The van der Waals surface area contributed by atoms with Gasteiger partial charge in [-0.2, -0.15) is 8.42 Å². The van der Waals surface area contributed by atoms with Gasteiger partial charge in [0.2, 0.25) is 0 Å². The largest absolute Gasteiger partial charge is 0.324 e. The van der Waals surface area contributed by atoms with Gasteiger partial charge in [-0.1, -0.05) is 65.2 Å². The van der Waals surface area contributed by atoms with Crippen LogP contribution < -0.4 is 0 Å². The molecule has 0 atom stereocenters. The van der Waals surface area contributed by atoms with Crippen LogP contribution in [0.15, 0.2) is 0 Å². The first-order valence-corrected chi connectivity index (χ1v) is 12.5. The lowest BCUT2D eigenvalue weighted by atomic mass is 10.1. The summed E-state index contributed by atoms with van der Waals surface area (Å²) in [5, 5.41) is 0. The molecule has 1 saturated heterocycles. The van der Waals surface area contributed by atoms with Gasteiger partial charge in [-0.05, 0) is 19.3 Å². The van der Waals surface area contributed by atoms with Crippen molar-refractivity contribution in [2.75, 3.05) is 32.4 Å². The van der Waals surface area contributed by atoms with E-state index in [0.717, 1.165) is 0 Å². The summed E-state index contributed by atoms with van der Waals surface area (Å²) in [7, 11) is -3.67. The number of hydrogen-bond donors (Lipinski definition) is 1. The fourth-order valence-electron chi connectivity index (χ4n) is 3.82. The molecule has 0 aromatic heterocycles. The fourth-order valence-corrected chi connectivity index (χ4v) is 3.82. The van der Waals surface area contributed by atoms with Gasteiger partial charge in [-0.3, -0.25) is 4.55 Å². The van der Waals surface area contributed by atoms with Gasteiger partial charge in [0.1, 0.15) is 0 Å². The molecule has 25 heavy (non-hydrogen) atoms. The highest BCUT2D eigenvalue weighted by molar-refractivity contribution is 7.85. The lowest BCUT2D eigenvalue weighted by Gasteiger charge is -2.34. The first-order valence-electron chi connectivity index (χ1n) is 10.6. The molecule has 1 aliphatic rings. The van der Waals surface area contributed by atoms with Crippen LogP contribution in [0.3, 0.4) is 0 Å². The van der Waals surface area contributed by atoms with Gasteiger partial charge in [0, 0.05) is 12.8 Å². The molecule has 152 valence electrons. The van der Waals surface area contributed by atoms with Crippen molar-refractivity contribution in [3.05, 3.63) is 0 Å². The molecule has 1 N–H and O–H groups in total. The monoisotopic (exact) mass is 378 g/mol. The third-order valence-corrected chi connectivity index (χ3v) is 5.24. The highest BCUT2D eigenvalue weighted by Crippen LogP contribution is 2.22. The fraction of sp³-hybridized carbons (Fsp3) is 1.00. The van der Waals surface area contributed by atoms with Crippen molar-refractivity contribution in [3.8, 4) is 0 Å². The molecular formula is C20H44NO3S+. The summed E-state index contributed by atoms with van der Waals surface area (Å²) in [6, 6.07) is 0. The van der Waals surface area contributed by atoms with Crippen molar-refractivity contribution in [3.63, 3.8) is 0 Å². The SMILES string of the molecule is CCCCCCCCCCC[N+]1(CCCC)CCCC1.CS(=O)(=O)O. The minimum atomic E-state index is -3.67. The van der Waals surface area contributed by atoms with Gasteiger partial charge in [0.25, 0.3) is 10.1 Å². The highest BCUT2D eigenvalue weighted by Gasteiger charge is 2.30. The maximum absolute atomic E-state index is 9.19. The van der Waals surface area contributed by atoms with Crippen molar-refractivity contribution < 1.29 is 17.5 Å². The normalized spacial score (nSPS) is 16.5. The van der Waals surface area contributed by atoms with Gasteiger partial charge in [-0.25, -0.2) is 0 Å². The third-order valence-electron chi connectivity index (χ3n) is 5.24. The molecule has 5 heteroatoms. The summed E-state index contributed by atoms with van der Waals surface area (Å²) in [5.74, 6) is 0. The maximum atomic E-state index is 9.19. The number of nitrogens with zero attached hydrogens (tertiary/aromatic N) is 1. The Kier molecular flexibility index (Phi) is 14.9. The number of likely N-dealkylation sites (tertiary alicyclic amines) is 1. The lowest BCUT2D eigenvalue weighted by molar-refractivity contribution is -0.917. The smallest absolute Gasteiger partial charge is 0.261 e. The Morgan fingerprint density at radius 2 is 1.08 bits per heavy atom. The lowest BCUT2D eigenvalue weighted by Crippen LogP contribution is -2.46. The van der Waals surface area contributed by atoms with Crippen molar-refractivity contribution in [2.24, 2.45) is 0 Å². The topological polar surface area (TPSA) is 54.4 Å². The molecule has 4 nitrogen and oxygen atoms in total. The van der Waals surface area contributed by atoms with Crippen LogP contribution in [0.1, 0.15) is 97.3 Å². The molecule has 0 aromatic rings. The predicted octanol–water partition coefficient (Wildman–Crippen LogP) is 5.43. The minimum absolute atomic E-state index is 0.715. The Labute approximate surface area is 157 Å². The summed E-state index contributed by atoms with van der Waals surface area (Å²) in [4.78, 5) is 0. The standard InChI is InChI=1S/C19H40N.CH4O3S/c1-3-5-7-8-9-10-11-12-13-17-20(16-6-4-2)18-14-15-19-20;1-5(2,3)4/h3-19H2,1-2H3;1H3,(H,2,3,4)/q+1;. The van der Waals surface area contributed by atoms with E-state index in [9.17, 15) is 8.42 Å². The quantitative estimate of drug-likeness (QED) is 0.264. The van der Waals surface area contributed by atoms with E-state index in [2.05, 4.69) is 13.8 Å². The molecule has 0 spiro atoms. The van der Waals surface area contributed by atoms with E-state index in [0.29, 0.717) is 6.26 Å². The average Bonchev–Trinajstić information content (AvgIpc) is 2.99. The van der Waals surface area contributed by atoms with Gasteiger partial charge in [0.15, 0.2) is 0 Å². The molecule has 0 aliphatic carbocycles. The van der Waals surface area contributed by atoms with E-state index >= 15 is 0 Å². The van der Waals surface area contributed by atoms with Crippen molar-refractivity contribution >= 4 is 10.1 Å². The van der Waals surface area contributed by atoms with E-state index in [1.165, 1.54) is 114 Å². The third kappa shape index (κ3) is 17.1. The molecule has 1 aliphatic heterocycles. The van der Waals surface area contributed by atoms with Crippen LogP contribution in [0.4, 0.5) is 0 Å². The second-order valence-corrected chi connectivity index (χ2v) is 9.32. The van der Waals surface area contributed by atoms with Gasteiger partial charge in [-0.15, -0.1) is 0 Å². The Bertz CT molecular complexity index is 382. The zero-order valence-electron chi connectivity index (χ0n) is 17.1. The van der Waals surface area contributed by atoms with Crippen molar-refractivity contribution in [2.45, 2.75) is 97.3 Å². The molecule has 0 saturated carbocycles. The van der Waals surface area contributed by atoms with E-state index in [-0.39, 0.29) is 0 Å². The van der Waals surface area contributed by atoms with Crippen molar-refractivity contribution in [1.29, 1.82) is 0 Å². The Hall–Kier alpha value is -0.130. The number of hydrogen-bond acceptors (Lipinski definition) is 2. The molecule has 0 aromatic carbocycles. The summed E-state index contributed by atoms with van der Waals surface area (Å²) in [6.07, 6.45) is 19.7. The number of rotatable bonds is 13. The van der Waals surface area contributed by atoms with E-state index < -0.39 is 10.1 Å². The van der Waals surface area contributed by atoms with Crippen LogP contribution in [-0.2, 0) is 10.1 Å². The maximum Gasteiger partial charge on any atom is 0.261 e. The predicted molar refractivity (Wildman–Crippen MR) is 109 cm³/mol. The molecule has 0 radical (unpaired) electrons. The molecular weight excluding hydrogens is 334 g/mol. The van der Waals surface area contributed by atoms with E-state index in [4.69, 9.17) is 4.55 Å². The zero-order valence-corrected chi connectivity index (χ0v) is 18.0. The second kappa shape index (κ2) is 15.0. The summed E-state index contributed by atoms with van der Waals surface area (Å²) in [5.41, 5.74) is 0. The molecule has 0 unspecified atom stereocenters. The first-order chi connectivity index (χ1) is 11.8. The van der Waals surface area contributed by atoms with Crippen LogP contribution in [0.5, 0.6) is 0 Å². The second-order valence-electron chi connectivity index (χ2n) is 7.86. The summed E-state index contributed by atoms with van der Waals surface area (Å²) in [6.45, 7) is 10.6. The molecule has 0 amide bonds. The van der Waals surface area contributed by atoms with Crippen LogP contribution >= 0.6 is 0 Å². The average molecular weight is 379 g/mol. The van der Waals surface area contributed by atoms with E-state index in [1.807, 2.05) is 0 Å². The van der Waals surface area contributed by atoms with Gasteiger partial charge >= 0.3 is 0 Å².